The van der Waals surface area contributed by atoms with Crippen LogP contribution in [0.5, 0.6) is 0 Å². The quantitative estimate of drug-likeness (QED) is 0.813. The molecule has 2 rings (SSSR count). The zero-order valence-corrected chi connectivity index (χ0v) is 14.4. The summed E-state index contributed by atoms with van der Waals surface area (Å²) in [5.74, 6) is -0.669. The number of anilines is 1. The maximum atomic E-state index is 12.4. The fourth-order valence-corrected chi connectivity index (χ4v) is 4.30. The standard InChI is InChI=1S/C13H12BrNO4S2/c1-8-7-9(3-4-10(8)14)15-21(17,18)11-5-6-20-12(11)13(16)19-2/h3-7,15H,1-2H3. The molecule has 0 aliphatic rings. The molecule has 0 bridgehead atoms. The summed E-state index contributed by atoms with van der Waals surface area (Å²) in [5.41, 5.74) is 1.33. The van der Waals surface area contributed by atoms with E-state index < -0.39 is 16.0 Å². The van der Waals surface area contributed by atoms with E-state index in [4.69, 9.17) is 0 Å². The van der Waals surface area contributed by atoms with Crippen molar-refractivity contribution >= 4 is 48.9 Å². The highest BCUT2D eigenvalue weighted by Crippen LogP contribution is 2.26. The Bertz CT molecular complexity index is 783. The van der Waals surface area contributed by atoms with Gasteiger partial charge in [-0.25, -0.2) is 13.2 Å². The number of ether oxygens (including phenoxy) is 1. The average Bonchev–Trinajstić information content (AvgIpc) is 2.92. The number of nitrogens with one attached hydrogen (secondary N) is 1. The van der Waals surface area contributed by atoms with Crippen molar-refractivity contribution in [1.82, 2.24) is 0 Å². The van der Waals surface area contributed by atoms with E-state index in [1.807, 2.05) is 6.92 Å². The van der Waals surface area contributed by atoms with Gasteiger partial charge in [-0.05, 0) is 42.1 Å². The largest absolute Gasteiger partial charge is 0.465 e. The number of rotatable bonds is 4. The molecule has 0 atom stereocenters. The number of hydrogen-bond donors (Lipinski definition) is 1. The SMILES string of the molecule is COC(=O)c1sccc1S(=O)(=O)Nc1ccc(Br)c(C)c1. The summed E-state index contributed by atoms with van der Waals surface area (Å²) < 4.78 is 32.7. The molecular formula is C13H12BrNO4S2. The normalized spacial score (nSPS) is 11.2. The van der Waals surface area contributed by atoms with Crippen molar-refractivity contribution in [3.8, 4) is 0 Å². The lowest BCUT2D eigenvalue weighted by Gasteiger charge is -2.09. The van der Waals surface area contributed by atoms with Crippen LogP contribution in [0.3, 0.4) is 0 Å². The molecule has 0 saturated carbocycles. The lowest BCUT2D eigenvalue weighted by Crippen LogP contribution is -2.15. The minimum Gasteiger partial charge on any atom is -0.465 e. The van der Waals surface area contributed by atoms with Crippen molar-refractivity contribution in [1.29, 1.82) is 0 Å². The Labute approximate surface area is 135 Å². The van der Waals surface area contributed by atoms with Gasteiger partial charge < -0.3 is 4.74 Å². The number of esters is 1. The van der Waals surface area contributed by atoms with Crippen molar-refractivity contribution in [2.45, 2.75) is 11.8 Å². The Hall–Kier alpha value is -1.38. The Kier molecular flexibility index (Phi) is 4.70. The third kappa shape index (κ3) is 3.45. The predicted octanol–water partition coefficient (Wildman–Crippen LogP) is 3.41. The molecule has 0 unspecified atom stereocenters. The number of carbonyl (C=O) groups is 1. The molecule has 21 heavy (non-hydrogen) atoms. The van der Waals surface area contributed by atoms with E-state index in [9.17, 15) is 13.2 Å². The predicted molar refractivity (Wildman–Crippen MR) is 85.3 cm³/mol. The third-order valence-corrected chi connectivity index (χ3v) is 6.04. The molecule has 1 heterocycles. The average molecular weight is 390 g/mol. The zero-order chi connectivity index (χ0) is 15.6. The van der Waals surface area contributed by atoms with E-state index in [0.29, 0.717) is 5.69 Å². The minimum atomic E-state index is -3.84. The second-order valence-electron chi connectivity index (χ2n) is 4.18. The molecule has 112 valence electrons. The van der Waals surface area contributed by atoms with Crippen molar-refractivity contribution < 1.29 is 17.9 Å². The van der Waals surface area contributed by atoms with Gasteiger partial charge in [0.05, 0.1) is 7.11 Å². The van der Waals surface area contributed by atoms with Crippen LogP contribution in [0.4, 0.5) is 5.69 Å². The molecule has 0 amide bonds. The summed E-state index contributed by atoms with van der Waals surface area (Å²) >= 11 is 4.38. The lowest BCUT2D eigenvalue weighted by atomic mass is 10.2. The molecule has 5 nitrogen and oxygen atoms in total. The molecule has 0 fully saturated rings. The van der Waals surface area contributed by atoms with Gasteiger partial charge in [0, 0.05) is 10.2 Å². The second kappa shape index (κ2) is 6.17. The first-order valence-electron chi connectivity index (χ1n) is 5.80. The summed E-state index contributed by atoms with van der Waals surface area (Å²) in [6.07, 6.45) is 0. The van der Waals surface area contributed by atoms with Crippen molar-refractivity contribution in [3.63, 3.8) is 0 Å². The van der Waals surface area contributed by atoms with Crippen LogP contribution in [-0.4, -0.2) is 21.5 Å². The molecule has 0 aliphatic heterocycles. The topological polar surface area (TPSA) is 72.5 Å². The first kappa shape index (κ1) is 16.0. The second-order valence-corrected chi connectivity index (χ2v) is 7.60. The molecule has 1 aromatic heterocycles. The molecule has 0 aliphatic carbocycles. The monoisotopic (exact) mass is 389 g/mol. The van der Waals surface area contributed by atoms with Crippen LogP contribution in [0.2, 0.25) is 0 Å². The lowest BCUT2D eigenvalue weighted by molar-refractivity contribution is 0.0602. The number of benzene rings is 1. The molecule has 2 aromatic rings. The van der Waals surface area contributed by atoms with E-state index >= 15 is 0 Å². The highest BCUT2D eigenvalue weighted by molar-refractivity contribution is 9.10. The summed E-state index contributed by atoms with van der Waals surface area (Å²) in [4.78, 5) is 11.6. The highest BCUT2D eigenvalue weighted by Gasteiger charge is 2.24. The number of aryl methyl sites for hydroxylation is 1. The van der Waals surface area contributed by atoms with Crippen LogP contribution >= 0.6 is 27.3 Å². The fourth-order valence-electron chi connectivity index (χ4n) is 1.67. The number of thiophene rings is 1. The van der Waals surface area contributed by atoms with E-state index in [1.165, 1.54) is 18.6 Å². The van der Waals surface area contributed by atoms with E-state index in [2.05, 4.69) is 25.4 Å². The van der Waals surface area contributed by atoms with Crippen molar-refractivity contribution in [2.24, 2.45) is 0 Å². The van der Waals surface area contributed by atoms with Crippen LogP contribution in [0.15, 0.2) is 39.0 Å². The van der Waals surface area contributed by atoms with E-state index in [-0.39, 0.29) is 9.77 Å². The maximum Gasteiger partial charge on any atom is 0.349 e. The van der Waals surface area contributed by atoms with Crippen LogP contribution < -0.4 is 4.72 Å². The first-order valence-corrected chi connectivity index (χ1v) is 8.95. The van der Waals surface area contributed by atoms with E-state index in [1.54, 1.807) is 18.2 Å². The van der Waals surface area contributed by atoms with Crippen LogP contribution in [0, 0.1) is 6.92 Å². The minimum absolute atomic E-state index is 0.0545. The van der Waals surface area contributed by atoms with Crippen LogP contribution in [-0.2, 0) is 14.8 Å². The molecule has 1 N–H and O–H groups in total. The molecule has 1 aromatic carbocycles. The van der Waals surface area contributed by atoms with Gasteiger partial charge in [-0.15, -0.1) is 11.3 Å². The number of sulfonamides is 1. The van der Waals surface area contributed by atoms with Crippen LogP contribution in [0.1, 0.15) is 15.2 Å². The smallest absolute Gasteiger partial charge is 0.349 e. The molecule has 8 heteroatoms. The number of hydrogen-bond acceptors (Lipinski definition) is 5. The summed E-state index contributed by atoms with van der Waals surface area (Å²) in [6.45, 7) is 1.85. The summed E-state index contributed by atoms with van der Waals surface area (Å²) in [5, 5.41) is 1.54. The molecule has 0 radical (unpaired) electrons. The number of carbonyl (C=O) groups excluding carboxylic acids is 1. The van der Waals surface area contributed by atoms with Crippen molar-refractivity contribution in [2.75, 3.05) is 11.8 Å². The Morgan fingerprint density at radius 1 is 1.33 bits per heavy atom. The van der Waals surface area contributed by atoms with E-state index in [0.717, 1.165) is 21.4 Å². The highest BCUT2D eigenvalue weighted by atomic mass is 79.9. The van der Waals surface area contributed by atoms with Gasteiger partial charge >= 0.3 is 5.97 Å². The number of halogens is 1. The first-order chi connectivity index (χ1) is 9.85. The van der Waals surface area contributed by atoms with Gasteiger partial charge in [-0.3, -0.25) is 4.72 Å². The zero-order valence-electron chi connectivity index (χ0n) is 11.2. The summed E-state index contributed by atoms with van der Waals surface area (Å²) in [6, 6.07) is 6.47. The van der Waals surface area contributed by atoms with Gasteiger partial charge in [0.25, 0.3) is 10.0 Å². The molecular weight excluding hydrogens is 378 g/mol. The van der Waals surface area contributed by atoms with Crippen molar-refractivity contribution in [3.05, 3.63) is 44.6 Å². The molecule has 0 spiro atoms. The van der Waals surface area contributed by atoms with Gasteiger partial charge in [-0.2, -0.15) is 0 Å². The van der Waals surface area contributed by atoms with Crippen LogP contribution in [0.25, 0.3) is 0 Å². The maximum absolute atomic E-state index is 12.4. The molecule has 0 saturated heterocycles. The Morgan fingerprint density at radius 3 is 2.67 bits per heavy atom. The Balaban J connectivity index is 2.37. The summed E-state index contributed by atoms with van der Waals surface area (Å²) in [7, 11) is -2.63. The van der Waals surface area contributed by atoms with Gasteiger partial charge in [0.15, 0.2) is 0 Å². The third-order valence-electron chi connectivity index (χ3n) is 2.70. The van der Waals surface area contributed by atoms with Gasteiger partial charge in [0.2, 0.25) is 0 Å². The fraction of sp³-hybridized carbons (Fsp3) is 0.154. The Morgan fingerprint density at radius 2 is 2.05 bits per heavy atom. The number of methoxy groups -OCH3 is 1. The van der Waals surface area contributed by atoms with Gasteiger partial charge in [-0.1, -0.05) is 15.9 Å². The van der Waals surface area contributed by atoms with Gasteiger partial charge in [0.1, 0.15) is 9.77 Å².